The van der Waals surface area contributed by atoms with Crippen LogP contribution < -0.4 is 4.90 Å². The van der Waals surface area contributed by atoms with Crippen LogP contribution in [0.3, 0.4) is 0 Å². The highest BCUT2D eigenvalue weighted by molar-refractivity contribution is 6.30. The molecule has 0 spiro atoms. The highest BCUT2D eigenvalue weighted by Gasteiger charge is 2.32. The van der Waals surface area contributed by atoms with Gasteiger partial charge in [0.15, 0.2) is 5.69 Å². The SMILES string of the molecule is Cc1cc(Cl)ccc1-c1nc(C(=O)N2CCC(N(C)c3ccccc3CC=O)CC2)c2n1CCN(C)C2. The van der Waals surface area contributed by atoms with E-state index in [0.717, 1.165) is 66.1 Å². The Morgan fingerprint density at radius 3 is 2.62 bits per heavy atom. The standard InChI is InChI=1S/C29H34ClN5O2/c1-20-18-22(30)8-9-24(20)28-31-27(26-19-32(2)15-16-35(26)28)29(37)34-13-10-23(11-14-34)33(3)25-7-5-4-6-21(25)12-17-36/h4-9,17-18,23H,10-16,19H2,1-3H3. The van der Waals surface area contributed by atoms with Crippen LogP contribution in [0.25, 0.3) is 11.4 Å². The van der Waals surface area contributed by atoms with Crippen LogP contribution >= 0.6 is 11.6 Å². The average Bonchev–Trinajstić information content (AvgIpc) is 3.27. The second-order valence-corrected chi connectivity index (χ2v) is 10.6. The zero-order valence-electron chi connectivity index (χ0n) is 21.8. The lowest BCUT2D eigenvalue weighted by atomic mass is 10.0. The van der Waals surface area contributed by atoms with Crippen LogP contribution in [-0.2, 0) is 24.3 Å². The Labute approximate surface area is 223 Å². The molecule has 0 bridgehead atoms. The molecule has 3 heterocycles. The molecule has 1 saturated heterocycles. The number of anilines is 1. The molecule has 37 heavy (non-hydrogen) atoms. The molecule has 1 fully saturated rings. The monoisotopic (exact) mass is 519 g/mol. The van der Waals surface area contributed by atoms with Crippen LogP contribution in [-0.4, -0.2) is 71.3 Å². The van der Waals surface area contributed by atoms with Gasteiger partial charge in [-0.2, -0.15) is 0 Å². The van der Waals surface area contributed by atoms with Gasteiger partial charge in [-0.1, -0.05) is 29.8 Å². The molecule has 5 rings (SSSR count). The summed E-state index contributed by atoms with van der Waals surface area (Å²) in [6, 6.07) is 14.2. The van der Waals surface area contributed by atoms with Gasteiger partial charge in [0.2, 0.25) is 0 Å². The third kappa shape index (κ3) is 5.03. The number of carbonyl (C=O) groups is 2. The lowest BCUT2D eigenvalue weighted by Gasteiger charge is -2.38. The smallest absolute Gasteiger partial charge is 0.274 e. The number of aldehydes is 1. The molecule has 0 N–H and O–H groups in total. The van der Waals surface area contributed by atoms with E-state index >= 15 is 0 Å². The van der Waals surface area contributed by atoms with E-state index < -0.39 is 0 Å². The molecule has 7 nitrogen and oxygen atoms in total. The molecular weight excluding hydrogens is 486 g/mol. The van der Waals surface area contributed by atoms with Crippen molar-refractivity contribution >= 4 is 29.5 Å². The topological polar surface area (TPSA) is 61.7 Å². The number of imidazole rings is 1. The Bertz CT molecular complexity index is 1310. The summed E-state index contributed by atoms with van der Waals surface area (Å²) < 4.78 is 2.22. The molecule has 8 heteroatoms. The molecule has 0 aliphatic carbocycles. The van der Waals surface area contributed by atoms with E-state index in [1.165, 1.54) is 0 Å². The van der Waals surface area contributed by atoms with Crippen LogP contribution in [0.4, 0.5) is 5.69 Å². The summed E-state index contributed by atoms with van der Waals surface area (Å²) in [6.07, 6.45) is 3.11. The number of likely N-dealkylation sites (N-methyl/N-ethyl adjacent to an activating group) is 1. The number of amides is 1. The molecular formula is C29H34ClN5O2. The molecule has 1 amide bonds. The number of aryl methyl sites for hydroxylation is 1. The third-order valence-electron chi connectivity index (χ3n) is 7.80. The second-order valence-electron chi connectivity index (χ2n) is 10.2. The number of fused-ring (bicyclic) bond motifs is 1. The zero-order valence-corrected chi connectivity index (χ0v) is 22.5. The summed E-state index contributed by atoms with van der Waals surface area (Å²) in [5.74, 6) is 0.862. The normalized spacial score (nSPS) is 16.5. The van der Waals surface area contributed by atoms with Gasteiger partial charge in [-0.3, -0.25) is 9.69 Å². The minimum atomic E-state index is 0.0133. The molecule has 0 saturated carbocycles. The van der Waals surface area contributed by atoms with E-state index in [9.17, 15) is 9.59 Å². The fourth-order valence-electron chi connectivity index (χ4n) is 5.67. The Morgan fingerprint density at radius 2 is 1.89 bits per heavy atom. The number of hydrogen-bond donors (Lipinski definition) is 0. The van der Waals surface area contributed by atoms with E-state index in [1.54, 1.807) is 0 Å². The number of carbonyl (C=O) groups excluding carboxylic acids is 2. The first-order chi connectivity index (χ1) is 17.9. The van der Waals surface area contributed by atoms with Crippen molar-refractivity contribution in [1.29, 1.82) is 0 Å². The number of hydrogen-bond acceptors (Lipinski definition) is 5. The molecule has 0 atom stereocenters. The maximum absolute atomic E-state index is 13.8. The van der Waals surface area contributed by atoms with Crippen LogP contribution in [0.5, 0.6) is 0 Å². The Balaban J connectivity index is 1.36. The largest absolute Gasteiger partial charge is 0.371 e. The molecule has 0 unspecified atom stereocenters. The maximum atomic E-state index is 13.8. The highest BCUT2D eigenvalue weighted by atomic mass is 35.5. The van der Waals surface area contributed by atoms with Crippen LogP contribution in [0.15, 0.2) is 42.5 Å². The van der Waals surface area contributed by atoms with Crippen molar-refractivity contribution in [1.82, 2.24) is 19.4 Å². The van der Waals surface area contributed by atoms with E-state index in [-0.39, 0.29) is 5.91 Å². The van der Waals surface area contributed by atoms with Crippen LogP contribution in [0, 0.1) is 6.92 Å². The van der Waals surface area contributed by atoms with E-state index in [2.05, 4.69) is 34.5 Å². The lowest BCUT2D eigenvalue weighted by Crippen LogP contribution is -2.46. The maximum Gasteiger partial charge on any atom is 0.274 e. The van der Waals surface area contributed by atoms with Crippen molar-refractivity contribution in [3.05, 3.63) is 70.0 Å². The van der Waals surface area contributed by atoms with Crippen molar-refractivity contribution in [3.63, 3.8) is 0 Å². The Morgan fingerprint density at radius 1 is 1.14 bits per heavy atom. The number of aromatic nitrogens is 2. The molecule has 2 aromatic carbocycles. The summed E-state index contributed by atoms with van der Waals surface area (Å²) in [5.41, 5.74) is 5.76. The van der Waals surface area contributed by atoms with Gasteiger partial charge >= 0.3 is 0 Å². The molecule has 2 aliphatic heterocycles. The number of para-hydroxylation sites is 1. The summed E-state index contributed by atoms with van der Waals surface area (Å²) >= 11 is 6.21. The summed E-state index contributed by atoms with van der Waals surface area (Å²) in [7, 11) is 4.18. The minimum Gasteiger partial charge on any atom is -0.371 e. The first-order valence-electron chi connectivity index (χ1n) is 13.0. The van der Waals surface area contributed by atoms with E-state index in [4.69, 9.17) is 16.6 Å². The predicted octanol–water partition coefficient (Wildman–Crippen LogP) is 4.44. The molecule has 2 aliphatic rings. The highest BCUT2D eigenvalue weighted by Crippen LogP contribution is 2.31. The Hall–Kier alpha value is -3.16. The summed E-state index contributed by atoms with van der Waals surface area (Å²) in [6.45, 7) is 5.82. The summed E-state index contributed by atoms with van der Waals surface area (Å²) in [5, 5.41) is 0.698. The quantitative estimate of drug-likeness (QED) is 0.451. The number of likely N-dealkylation sites (tertiary alicyclic amines) is 1. The van der Waals surface area contributed by atoms with Crippen LogP contribution in [0.1, 0.15) is 40.2 Å². The van der Waals surface area contributed by atoms with Gasteiger partial charge in [0, 0.05) is 68.5 Å². The molecule has 194 valence electrons. The average molecular weight is 520 g/mol. The molecule has 1 aromatic heterocycles. The van der Waals surface area contributed by atoms with Gasteiger partial charge < -0.3 is 19.2 Å². The Kier molecular flexibility index (Phi) is 7.36. The fourth-order valence-corrected chi connectivity index (χ4v) is 5.89. The van der Waals surface area contributed by atoms with Crippen molar-refractivity contribution in [2.24, 2.45) is 0 Å². The number of benzene rings is 2. The minimum absolute atomic E-state index is 0.0133. The predicted molar refractivity (Wildman–Crippen MR) is 147 cm³/mol. The van der Waals surface area contributed by atoms with Crippen molar-refractivity contribution in [2.75, 3.05) is 38.6 Å². The van der Waals surface area contributed by atoms with Gasteiger partial charge in [0.05, 0.1) is 5.69 Å². The number of halogens is 1. The second kappa shape index (κ2) is 10.7. The fraction of sp³-hybridized carbons (Fsp3) is 0.414. The zero-order chi connectivity index (χ0) is 26.1. The third-order valence-corrected chi connectivity index (χ3v) is 8.04. The van der Waals surface area contributed by atoms with Crippen LogP contribution in [0.2, 0.25) is 5.02 Å². The van der Waals surface area contributed by atoms with E-state index in [0.29, 0.717) is 42.8 Å². The number of rotatable bonds is 6. The van der Waals surface area contributed by atoms with Gasteiger partial charge in [0.1, 0.15) is 12.1 Å². The summed E-state index contributed by atoms with van der Waals surface area (Å²) in [4.78, 5) is 36.4. The molecule has 0 radical (unpaired) electrons. The van der Waals surface area contributed by atoms with Gasteiger partial charge in [-0.05, 0) is 62.2 Å². The molecule has 3 aromatic rings. The van der Waals surface area contributed by atoms with Gasteiger partial charge in [0.25, 0.3) is 5.91 Å². The number of nitrogens with zero attached hydrogens (tertiary/aromatic N) is 5. The van der Waals surface area contributed by atoms with Crippen molar-refractivity contribution in [3.8, 4) is 11.4 Å². The van der Waals surface area contributed by atoms with E-state index in [1.807, 2.05) is 48.2 Å². The van der Waals surface area contributed by atoms with Gasteiger partial charge in [-0.15, -0.1) is 0 Å². The first kappa shape index (κ1) is 25.5. The first-order valence-corrected chi connectivity index (χ1v) is 13.3. The number of piperidine rings is 1. The van der Waals surface area contributed by atoms with Crippen molar-refractivity contribution < 1.29 is 9.59 Å². The van der Waals surface area contributed by atoms with Gasteiger partial charge in [-0.25, -0.2) is 4.98 Å². The van der Waals surface area contributed by atoms with Crippen molar-refractivity contribution in [2.45, 2.75) is 45.3 Å². The lowest BCUT2D eigenvalue weighted by molar-refractivity contribution is -0.107.